The average molecular weight is 202 g/mol. The van der Waals surface area contributed by atoms with Crippen LogP contribution in [0.5, 0.6) is 0 Å². The maximum Gasteiger partial charge on any atom is 0.276 e. The number of aromatic nitrogens is 2. The lowest BCUT2D eigenvalue weighted by Gasteiger charge is -2.09. The smallest absolute Gasteiger partial charge is 0.276 e. The molecule has 5 heteroatoms. The fourth-order valence-corrected chi connectivity index (χ4v) is 1.27. The molecule has 1 heterocycles. The van der Waals surface area contributed by atoms with Crippen LogP contribution in [0, 0.1) is 5.92 Å². The van der Waals surface area contributed by atoms with E-state index in [-0.39, 0.29) is 6.04 Å². The van der Waals surface area contributed by atoms with Crippen molar-refractivity contribution in [3.8, 4) is 0 Å². The second kappa shape index (κ2) is 4.62. The van der Waals surface area contributed by atoms with E-state index < -0.39 is 0 Å². The summed E-state index contributed by atoms with van der Waals surface area (Å²) in [5, 5.41) is 8.45. The summed E-state index contributed by atoms with van der Waals surface area (Å²) in [4.78, 5) is 0. The van der Waals surface area contributed by atoms with Crippen molar-refractivity contribution >= 4 is 11.8 Å². The molecule has 4 nitrogen and oxygen atoms in total. The Labute approximate surface area is 82.3 Å². The van der Waals surface area contributed by atoms with Gasteiger partial charge in [-0.1, -0.05) is 25.6 Å². The zero-order valence-corrected chi connectivity index (χ0v) is 9.10. The lowest BCUT2D eigenvalue weighted by atomic mass is 10.0. The quantitative estimate of drug-likeness (QED) is 0.743. The minimum atomic E-state index is 0.110. The van der Waals surface area contributed by atoms with Crippen molar-refractivity contribution in [1.82, 2.24) is 10.2 Å². The van der Waals surface area contributed by atoms with Gasteiger partial charge in [0, 0.05) is 5.92 Å². The van der Waals surface area contributed by atoms with E-state index in [1.165, 1.54) is 11.8 Å². The van der Waals surface area contributed by atoms with Crippen molar-refractivity contribution in [3.63, 3.8) is 0 Å². The molecule has 1 aromatic heterocycles. The third kappa shape index (κ3) is 2.45. The highest BCUT2D eigenvalue weighted by atomic mass is 32.2. The van der Waals surface area contributed by atoms with Gasteiger partial charge >= 0.3 is 0 Å². The van der Waals surface area contributed by atoms with Crippen molar-refractivity contribution in [2.75, 3.05) is 6.26 Å². The minimum Gasteiger partial charge on any atom is -0.410 e. The molecule has 3 N–H and O–H groups in total. The summed E-state index contributed by atoms with van der Waals surface area (Å²) in [6.45, 7) is 4.27. The van der Waals surface area contributed by atoms with Gasteiger partial charge in [-0.2, -0.15) is 0 Å². The molecule has 0 aliphatic rings. The Morgan fingerprint density at radius 3 is 2.69 bits per heavy atom. The Morgan fingerprint density at radius 1 is 1.54 bits per heavy atom. The van der Waals surface area contributed by atoms with E-state index in [0.29, 0.717) is 17.0 Å². The first-order chi connectivity index (χ1) is 6.19. The largest absolute Gasteiger partial charge is 0.410 e. The highest BCUT2D eigenvalue weighted by Gasteiger charge is 2.22. The van der Waals surface area contributed by atoms with Gasteiger partial charge in [0.25, 0.3) is 11.1 Å². The van der Waals surface area contributed by atoms with E-state index in [9.17, 15) is 0 Å². The maximum atomic E-state index is 5.40. The van der Waals surface area contributed by atoms with Gasteiger partial charge < -0.3 is 10.2 Å². The molecule has 0 radical (unpaired) electrons. The summed E-state index contributed by atoms with van der Waals surface area (Å²) >= 11 is 1.46. The first-order valence-corrected chi connectivity index (χ1v) is 5.62. The summed E-state index contributed by atoms with van der Waals surface area (Å²) in [6, 6.07) is 0.110. The number of quaternary nitrogens is 1. The molecule has 0 aliphatic heterocycles. The van der Waals surface area contributed by atoms with Crippen LogP contribution >= 0.6 is 11.8 Å². The van der Waals surface area contributed by atoms with E-state index in [2.05, 4.69) is 29.8 Å². The first-order valence-electron chi connectivity index (χ1n) is 4.39. The summed E-state index contributed by atoms with van der Waals surface area (Å²) in [7, 11) is 0. The summed E-state index contributed by atoms with van der Waals surface area (Å²) < 4.78 is 5.40. The van der Waals surface area contributed by atoms with Crippen molar-refractivity contribution in [2.45, 2.75) is 31.5 Å². The van der Waals surface area contributed by atoms with Crippen molar-refractivity contribution in [2.24, 2.45) is 5.92 Å². The molecule has 0 spiro atoms. The van der Waals surface area contributed by atoms with Crippen LogP contribution in [0.4, 0.5) is 0 Å². The Bertz CT molecular complexity index is 264. The molecule has 74 valence electrons. The van der Waals surface area contributed by atoms with E-state index in [1.54, 1.807) is 0 Å². The maximum absolute atomic E-state index is 5.40. The standard InChI is InChI=1S/C8H15N3OS/c1-4-5(2)6(9)7-10-11-8(12-7)13-3/h5-6H,4,9H2,1-3H3/p+1. The summed E-state index contributed by atoms with van der Waals surface area (Å²) in [5.41, 5.74) is 4.02. The molecular weight excluding hydrogens is 186 g/mol. The Kier molecular flexibility index (Phi) is 3.74. The second-order valence-corrected chi connectivity index (χ2v) is 3.86. The lowest BCUT2D eigenvalue weighted by Crippen LogP contribution is -2.56. The molecule has 0 aromatic carbocycles. The molecule has 0 saturated carbocycles. The summed E-state index contributed by atoms with van der Waals surface area (Å²) in [5.74, 6) is 1.13. The molecule has 0 saturated heterocycles. The third-order valence-electron chi connectivity index (χ3n) is 2.24. The molecule has 1 aromatic rings. The van der Waals surface area contributed by atoms with Gasteiger partial charge in [0.1, 0.15) is 0 Å². The van der Waals surface area contributed by atoms with Crippen LogP contribution in [0.2, 0.25) is 0 Å². The molecule has 1 rings (SSSR count). The minimum absolute atomic E-state index is 0.110. The summed E-state index contributed by atoms with van der Waals surface area (Å²) in [6.07, 6.45) is 2.99. The van der Waals surface area contributed by atoms with Crippen molar-refractivity contribution < 1.29 is 10.2 Å². The lowest BCUT2D eigenvalue weighted by molar-refractivity contribution is -0.444. The van der Waals surface area contributed by atoms with E-state index in [1.807, 2.05) is 6.26 Å². The van der Waals surface area contributed by atoms with Gasteiger partial charge in [0.05, 0.1) is 0 Å². The predicted molar refractivity (Wildman–Crippen MR) is 51.2 cm³/mol. The topological polar surface area (TPSA) is 66.6 Å². The van der Waals surface area contributed by atoms with Gasteiger partial charge in [0.15, 0.2) is 6.04 Å². The number of nitrogens with zero attached hydrogens (tertiary/aromatic N) is 2. The Balaban J connectivity index is 2.70. The highest BCUT2D eigenvalue weighted by Crippen LogP contribution is 2.21. The molecular formula is C8H16N3OS+. The van der Waals surface area contributed by atoms with E-state index >= 15 is 0 Å². The predicted octanol–water partition coefficient (Wildman–Crippen LogP) is 1.12. The highest BCUT2D eigenvalue weighted by molar-refractivity contribution is 7.98. The molecule has 0 amide bonds. The zero-order chi connectivity index (χ0) is 9.84. The molecule has 0 bridgehead atoms. The van der Waals surface area contributed by atoms with Crippen LogP contribution in [0.15, 0.2) is 9.64 Å². The number of rotatable bonds is 4. The average Bonchev–Trinajstić information content (AvgIpc) is 2.63. The van der Waals surface area contributed by atoms with Gasteiger partial charge in [0.2, 0.25) is 0 Å². The first kappa shape index (κ1) is 10.5. The molecule has 2 atom stereocenters. The van der Waals surface area contributed by atoms with Crippen LogP contribution in [-0.2, 0) is 0 Å². The van der Waals surface area contributed by atoms with E-state index in [0.717, 1.165) is 6.42 Å². The van der Waals surface area contributed by atoms with E-state index in [4.69, 9.17) is 4.42 Å². The fraction of sp³-hybridized carbons (Fsp3) is 0.750. The van der Waals surface area contributed by atoms with Crippen LogP contribution in [0.25, 0.3) is 0 Å². The normalized spacial score (nSPS) is 15.7. The molecule has 0 aliphatic carbocycles. The molecule has 2 unspecified atom stereocenters. The third-order valence-corrected chi connectivity index (χ3v) is 2.76. The van der Waals surface area contributed by atoms with Crippen LogP contribution < -0.4 is 5.73 Å². The Morgan fingerprint density at radius 2 is 2.23 bits per heavy atom. The zero-order valence-electron chi connectivity index (χ0n) is 8.28. The van der Waals surface area contributed by atoms with Gasteiger partial charge in [-0.3, -0.25) is 0 Å². The van der Waals surface area contributed by atoms with Crippen LogP contribution in [0.3, 0.4) is 0 Å². The molecule has 13 heavy (non-hydrogen) atoms. The van der Waals surface area contributed by atoms with Crippen LogP contribution in [0.1, 0.15) is 32.2 Å². The fourth-order valence-electron chi connectivity index (χ4n) is 0.981. The Hall–Kier alpha value is -0.550. The van der Waals surface area contributed by atoms with Crippen molar-refractivity contribution in [1.29, 1.82) is 0 Å². The van der Waals surface area contributed by atoms with Crippen molar-refractivity contribution in [3.05, 3.63) is 5.89 Å². The van der Waals surface area contributed by atoms with Gasteiger partial charge in [-0.25, -0.2) is 0 Å². The molecule has 0 fully saturated rings. The second-order valence-electron chi connectivity index (χ2n) is 3.10. The van der Waals surface area contributed by atoms with Crippen LogP contribution in [-0.4, -0.2) is 16.5 Å². The number of hydrogen-bond acceptors (Lipinski definition) is 4. The SMILES string of the molecule is CCC(C)C([NH3+])c1nnc(SC)o1. The van der Waals surface area contributed by atoms with Gasteiger partial charge in [-0.05, 0) is 12.7 Å². The number of hydrogen-bond donors (Lipinski definition) is 1. The number of thioether (sulfide) groups is 1. The monoisotopic (exact) mass is 202 g/mol. The van der Waals surface area contributed by atoms with Gasteiger partial charge in [-0.15, -0.1) is 10.2 Å².